The number of carbonyl (C=O) groups excluding carboxylic acids is 4. The average molecular weight is 1140 g/mol. The number of phenolic OH excluding ortho intramolecular Hbond substituents is 1. The van der Waals surface area contributed by atoms with Crippen LogP contribution in [-0.2, 0) is 45.6 Å². The molecule has 21 heteroatoms. The van der Waals surface area contributed by atoms with Crippen LogP contribution in [0.15, 0.2) is 38.3 Å². The Balaban J connectivity index is 2.46. The molecule has 2 aromatic carbocycles. The second-order valence-corrected chi connectivity index (χ2v) is 31.6. The molecule has 0 fully saturated rings. The molecule has 0 unspecified atom stereocenters. The lowest BCUT2D eigenvalue weighted by molar-refractivity contribution is -0.146. The summed E-state index contributed by atoms with van der Waals surface area (Å²) in [7, 11) is -4.46. The van der Waals surface area contributed by atoms with Crippen LogP contribution in [0.4, 0.5) is 4.79 Å². The Morgan fingerprint density at radius 3 is 2.00 bits per heavy atom. The molecule has 2 heterocycles. The van der Waals surface area contributed by atoms with E-state index in [9.17, 15) is 25.0 Å². The normalized spacial score (nSPS) is 19.1. The van der Waals surface area contributed by atoms with Crippen molar-refractivity contribution in [2.75, 3.05) is 13.7 Å². The van der Waals surface area contributed by atoms with Crippen molar-refractivity contribution in [3.63, 3.8) is 0 Å². The number of nitrogens with one attached hydrogen (secondary N) is 3. The summed E-state index contributed by atoms with van der Waals surface area (Å²) in [5.41, 5.74) is 9.73. The van der Waals surface area contributed by atoms with Crippen LogP contribution < -0.4 is 20.7 Å². The summed E-state index contributed by atoms with van der Waals surface area (Å²) in [5.74, 6) is -2.26. The molecule has 3 amide bonds. The highest BCUT2D eigenvalue weighted by Gasteiger charge is 2.49. The van der Waals surface area contributed by atoms with Crippen LogP contribution >= 0.6 is 54.5 Å². The van der Waals surface area contributed by atoms with Crippen molar-refractivity contribution in [2.45, 2.75) is 147 Å². The molecule has 5 atom stereocenters. The van der Waals surface area contributed by atoms with Gasteiger partial charge in [-0.25, -0.2) is 9.59 Å². The van der Waals surface area contributed by atoms with Gasteiger partial charge in [0.1, 0.15) is 23.7 Å². The van der Waals surface area contributed by atoms with Crippen LogP contribution in [-0.4, -0.2) is 95.2 Å². The van der Waals surface area contributed by atoms with Gasteiger partial charge in [0.05, 0.1) is 38.4 Å². The van der Waals surface area contributed by atoms with E-state index in [0.717, 1.165) is 0 Å². The number of nitrogens with zero attached hydrogens (tertiary/aromatic N) is 3. The molecule has 0 aliphatic carbocycles. The number of amides is 3. The van der Waals surface area contributed by atoms with Gasteiger partial charge < -0.3 is 44.1 Å². The van der Waals surface area contributed by atoms with Gasteiger partial charge >= 0.3 is 12.1 Å². The van der Waals surface area contributed by atoms with E-state index in [1.165, 1.54) is 7.11 Å². The molecular weight excluding hydrogens is 1080 g/mol. The number of halogens is 3. The first-order chi connectivity index (χ1) is 28.3. The topological polar surface area (TPSA) is 220 Å². The van der Waals surface area contributed by atoms with E-state index in [2.05, 4.69) is 57.8 Å². The summed E-state index contributed by atoms with van der Waals surface area (Å²) < 4.78 is 32.4. The quantitative estimate of drug-likeness (QED) is 0.0441. The zero-order valence-electron chi connectivity index (χ0n) is 37.9. The molecule has 0 aromatic heterocycles. The van der Waals surface area contributed by atoms with Crippen molar-refractivity contribution < 1.29 is 47.3 Å². The van der Waals surface area contributed by atoms with E-state index >= 15 is 4.79 Å². The van der Waals surface area contributed by atoms with Crippen molar-refractivity contribution in [1.82, 2.24) is 16.0 Å². The molecule has 2 aliphatic rings. The molecule has 62 heavy (non-hydrogen) atoms. The first kappa shape index (κ1) is 53.4. The Morgan fingerprint density at radius 2 is 1.48 bits per heavy atom. The number of fused-ring (bicyclic) bond motifs is 10. The number of hydrogen-bond donors (Lipinski definition) is 4. The van der Waals surface area contributed by atoms with Gasteiger partial charge in [0.15, 0.2) is 33.9 Å². The van der Waals surface area contributed by atoms with E-state index in [0.29, 0.717) is 29.4 Å². The van der Waals surface area contributed by atoms with Gasteiger partial charge in [0, 0.05) is 17.8 Å². The number of rotatable bonds is 10. The zero-order valence-corrected chi connectivity index (χ0v) is 45.2. The number of hydrogen-bond acceptors (Lipinski definition) is 11. The van der Waals surface area contributed by atoms with Crippen molar-refractivity contribution in [1.29, 1.82) is 0 Å². The fourth-order valence-corrected chi connectivity index (χ4v) is 10.5. The Labute approximate surface area is 397 Å². The fourth-order valence-electron chi connectivity index (χ4n) is 5.79. The van der Waals surface area contributed by atoms with E-state index in [4.69, 9.17) is 23.1 Å². The van der Waals surface area contributed by atoms with Crippen molar-refractivity contribution in [3.05, 3.63) is 58.4 Å². The van der Waals surface area contributed by atoms with Crippen LogP contribution in [0.3, 0.4) is 0 Å². The SMILES string of the molecule is COC(=O)[C@H]1Cc2cc(Br)c(c(Br)c2)Oc2cc(cc(I)c2O)C[C@@H](NC(=O)OC(C)(C)C)C(=O)N[C@@H]([C@@H](O[Si](C)(C)C(C)(C)C)[C@H](CN=[N+]=[N-])O[Si](C)(C)C(C)(C)C)C(=O)N1. The molecule has 0 saturated carbocycles. The van der Waals surface area contributed by atoms with Crippen LogP contribution in [0.2, 0.25) is 36.3 Å². The lowest BCUT2D eigenvalue weighted by Gasteiger charge is -2.46. The lowest BCUT2D eigenvalue weighted by Crippen LogP contribution is -2.66. The Kier molecular flexibility index (Phi) is 18.0. The molecule has 344 valence electrons. The summed E-state index contributed by atoms with van der Waals surface area (Å²) in [6.45, 7) is 24.9. The Hall–Kier alpha value is -2.93. The molecule has 4 rings (SSSR count). The first-order valence-corrected chi connectivity index (χ1v) is 28.5. The summed E-state index contributed by atoms with van der Waals surface area (Å²) in [5, 5.41) is 22.7. The van der Waals surface area contributed by atoms with E-state index < -0.39 is 81.5 Å². The minimum Gasteiger partial charge on any atom is -0.504 e. The molecule has 0 radical (unpaired) electrons. The van der Waals surface area contributed by atoms with Crippen LogP contribution in [0.5, 0.6) is 17.2 Å². The first-order valence-electron chi connectivity index (χ1n) is 20.0. The third-order valence-electron chi connectivity index (χ3n) is 11.1. The highest BCUT2D eigenvalue weighted by atomic mass is 127. The molecular formula is C41H61Br2IN6O10Si2. The van der Waals surface area contributed by atoms with Gasteiger partial charge in [-0.15, -0.1) is 0 Å². The summed E-state index contributed by atoms with van der Waals surface area (Å²) in [6, 6.07) is 2.28. The number of alkyl carbamates (subject to hydrolysis) is 1. The molecule has 16 nitrogen and oxygen atoms in total. The third kappa shape index (κ3) is 14.3. The van der Waals surface area contributed by atoms with Crippen molar-refractivity contribution >= 4 is 95.0 Å². The van der Waals surface area contributed by atoms with Gasteiger partial charge in [0.25, 0.3) is 0 Å². The highest BCUT2D eigenvalue weighted by molar-refractivity contribution is 14.1. The number of methoxy groups -OCH3 is 1. The van der Waals surface area contributed by atoms with Gasteiger partial charge in [-0.2, -0.15) is 0 Å². The predicted molar refractivity (Wildman–Crippen MR) is 257 cm³/mol. The molecule has 0 spiro atoms. The zero-order chi connectivity index (χ0) is 47.3. The third-order valence-corrected chi connectivity index (χ3v) is 22.1. The molecule has 0 saturated heterocycles. The lowest BCUT2D eigenvalue weighted by atomic mass is 10.0. The largest absolute Gasteiger partial charge is 0.504 e. The van der Waals surface area contributed by atoms with E-state index in [-0.39, 0.29) is 35.9 Å². The van der Waals surface area contributed by atoms with Crippen LogP contribution in [0.25, 0.3) is 10.4 Å². The summed E-state index contributed by atoms with van der Waals surface area (Å²) in [6.07, 6.45) is -3.55. The molecule has 2 aromatic rings. The van der Waals surface area contributed by atoms with Gasteiger partial charge in [0.2, 0.25) is 11.8 Å². The monoisotopic (exact) mass is 1140 g/mol. The number of carbonyl (C=O) groups is 4. The minimum atomic E-state index is -2.91. The minimum absolute atomic E-state index is 0.0513. The summed E-state index contributed by atoms with van der Waals surface area (Å²) >= 11 is 9.08. The van der Waals surface area contributed by atoms with Crippen LogP contribution in [0, 0.1) is 3.57 Å². The van der Waals surface area contributed by atoms with Crippen molar-refractivity contribution in [2.24, 2.45) is 5.11 Å². The maximum atomic E-state index is 15.2. The summed E-state index contributed by atoms with van der Waals surface area (Å²) in [4.78, 5) is 60.2. The standard InChI is InChI=1S/C41H61Br2IN6O10Si2/c1-39(2,3)58-38(55)48-27-18-23-17-26(44)32(51)29(20-23)57-33-24(42)15-22(16-25(33)43)19-28(37(54)56-10)47-36(53)31(49-35(27)52)34(60-62(13,14)41(7,8)9)30(21-46-50-45)59-61(11,12)40(4,5)6/h15-17,20,27-28,30-31,34,51H,18-19,21H2,1-14H3,(H,47,53)(H,48,55)(H,49,52)/t27-,28-,30+,31+,34+/m1/s1. The second-order valence-electron chi connectivity index (χ2n) is 19.3. The number of benzene rings is 2. The fraction of sp³-hybridized carbons (Fsp3) is 0.610. The number of ether oxygens (including phenoxy) is 3. The molecule has 4 N–H and O–H groups in total. The maximum absolute atomic E-state index is 15.2. The van der Waals surface area contributed by atoms with Crippen molar-refractivity contribution in [3.8, 4) is 17.2 Å². The predicted octanol–water partition coefficient (Wildman–Crippen LogP) is 9.54. The van der Waals surface area contributed by atoms with Gasteiger partial charge in [-0.05, 0) is 152 Å². The van der Waals surface area contributed by atoms with E-state index in [1.807, 2.05) is 90.3 Å². The highest BCUT2D eigenvalue weighted by Crippen LogP contribution is 2.44. The van der Waals surface area contributed by atoms with Crippen LogP contribution in [0.1, 0.15) is 73.4 Å². The number of aromatic hydroxyl groups is 1. The number of azide groups is 1. The average Bonchev–Trinajstić information content (AvgIpc) is 3.11. The van der Waals surface area contributed by atoms with E-state index in [1.54, 1.807) is 45.0 Å². The smallest absolute Gasteiger partial charge is 0.408 e. The maximum Gasteiger partial charge on any atom is 0.408 e. The Bertz CT molecular complexity index is 2030. The van der Waals surface area contributed by atoms with Gasteiger partial charge in [-0.3, -0.25) is 9.59 Å². The number of esters is 1. The second kappa shape index (κ2) is 20.9. The Morgan fingerprint density at radius 1 is 0.935 bits per heavy atom. The van der Waals surface area contributed by atoms with Gasteiger partial charge in [-0.1, -0.05) is 46.7 Å². The molecule has 4 bridgehead atoms. The molecule has 2 aliphatic heterocycles. The number of phenols is 1.